The van der Waals surface area contributed by atoms with Crippen molar-refractivity contribution in [2.24, 2.45) is 0 Å². The topological polar surface area (TPSA) is 67.3 Å². The fraction of sp³-hybridized carbons (Fsp3) is 0.158. The number of alkyl halides is 3. The average Bonchev–Trinajstić information content (AvgIpc) is 3.04. The van der Waals surface area contributed by atoms with Crippen molar-refractivity contribution in [1.29, 1.82) is 0 Å². The summed E-state index contributed by atoms with van der Waals surface area (Å²) in [5.41, 5.74) is 2.69. The number of H-pyrrole nitrogens is 1. The number of nitrogens with zero attached hydrogens (tertiary/aromatic N) is 4. The summed E-state index contributed by atoms with van der Waals surface area (Å²) >= 11 is 0. The number of halogens is 3. The highest BCUT2D eigenvalue weighted by molar-refractivity contribution is 5.80. The molecule has 0 aliphatic heterocycles. The molecule has 1 N–H and O–H groups in total. The zero-order chi connectivity index (χ0) is 19.0. The summed E-state index contributed by atoms with van der Waals surface area (Å²) in [6, 6.07) is 6.73. The number of aromatic nitrogens is 5. The highest BCUT2D eigenvalue weighted by atomic mass is 19.4. The van der Waals surface area contributed by atoms with Crippen LogP contribution >= 0.6 is 0 Å². The largest absolute Gasteiger partial charge is 0.433 e. The molecule has 4 heterocycles. The van der Waals surface area contributed by atoms with Gasteiger partial charge in [0, 0.05) is 42.7 Å². The van der Waals surface area contributed by atoms with Crippen LogP contribution in [0.1, 0.15) is 22.4 Å². The molecular weight excluding hydrogens is 355 g/mol. The van der Waals surface area contributed by atoms with Gasteiger partial charge in [-0.3, -0.25) is 0 Å². The Kier molecular flexibility index (Phi) is 4.10. The van der Waals surface area contributed by atoms with E-state index in [4.69, 9.17) is 0 Å². The van der Waals surface area contributed by atoms with Gasteiger partial charge in [0.15, 0.2) is 5.82 Å². The van der Waals surface area contributed by atoms with Crippen LogP contribution in [0.4, 0.5) is 13.2 Å². The predicted molar refractivity (Wildman–Crippen MR) is 92.7 cm³/mol. The summed E-state index contributed by atoms with van der Waals surface area (Å²) in [5.74, 6) is 0.0984. The highest BCUT2D eigenvalue weighted by Gasteiger charge is 2.32. The molecule has 8 heteroatoms. The van der Waals surface area contributed by atoms with Gasteiger partial charge in [-0.15, -0.1) is 0 Å². The molecule has 27 heavy (non-hydrogen) atoms. The summed E-state index contributed by atoms with van der Waals surface area (Å²) in [4.78, 5) is 19.3. The lowest BCUT2D eigenvalue weighted by atomic mass is 10.1. The smallest absolute Gasteiger partial charge is 0.346 e. The van der Waals surface area contributed by atoms with Gasteiger partial charge in [-0.2, -0.15) is 13.2 Å². The Morgan fingerprint density at radius 3 is 2.63 bits per heavy atom. The van der Waals surface area contributed by atoms with Gasteiger partial charge >= 0.3 is 6.18 Å². The van der Waals surface area contributed by atoms with E-state index < -0.39 is 11.9 Å². The zero-order valence-electron chi connectivity index (χ0n) is 14.2. The van der Waals surface area contributed by atoms with E-state index >= 15 is 0 Å². The summed E-state index contributed by atoms with van der Waals surface area (Å²) in [7, 11) is 0. The SMILES string of the molecule is Cc1cnc2[nH]cc(Cc3cnc(-c4[c]ccc(C(F)(F)F)n4)nc3)c2c1. The van der Waals surface area contributed by atoms with Crippen molar-refractivity contribution >= 4 is 11.0 Å². The number of aryl methyl sites for hydroxylation is 1. The molecule has 135 valence electrons. The van der Waals surface area contributed by atoms with Crippen molar-refractivity contribution in [2.45, 2.75) is 19.5 Å². The summed E-state index contributed by atoms with van der Waals surface area (Å²) in [6.07, 6.45) is 2.89. The molecule has 4 rings (SSSR count). The fourth-order valence-corrected chi connectivity index (χ4v) is 2.76. The maximum atomic E-state index is 12.8. The maximum absolute atomic E-state index is 12.8. The van der Waals surface area contributed by atoms with Gasteiger partial charge in [-0.1, -0.05) is 0 Å². The van der Waals surface area contributed by atoms with Crippen molar-refractivity contribution < 1.29 is 13.2 Å². The third-order valence-electron chi connectivity index (χ3n) is 4.05. The third kappa shape index (κ3) is 3.51. The van der Waals surface area contributed by atoms with E-state index in [-0.39, 0.29) is 11.5 Å². The van der Waals surface area contributed by atoms with Crippen LogP contribution in [0.2, 0.25) is 0 Å². The first-order valence-corrected chi connectivity index (χ1v) is 8.10. The zero-order valence-corrected chi connectivity index (χ0v) is 14.2. The van der Waals surface area contributed by atoms with Crippen molar-refractivity contribution in [1.82, 2.24) is 24.9 Å². The normalized spacial score (nSPS) is 11.9. The number of rotatable bonds is 3. The number of nitrogens with one attached hydrogen (secondary N) is 1. The second-order valence-corrected chi connectivity index (χ2v) is 6.14. The molecule has 0 atom stereocenters. The highest BCUT2D eigenvalue weighted by Crippen LogP contribution is 2.28. The van der Waals surface area contributed by atoms with E-state index in [2.05, 4.69) is 31.0 Å². The standard InChI is InChI=1S/C19H13F3N5/c1-11-5-14-13(10-26-17(14)23-7-11)6-12-8-24-18(25-9-12)15-3-2-4-16(27-15)19(20,21)22/h2,4-5,7-10H,6H2,1H3,(H,23,26). The lowest BCUT2D eigenvalue weighted by Crippen LogP contribution is -2.08. The molecule has 1 radical (unpaired) electrons. The molecule has 0 aliphatic carbocycles. The first kappa shape index (κ1) is 17.1. The minimum Gasteiger partial charge on any atom is -0.346 e. The van der Waals surface area contributed by atoms with Gasteiger partial charge in [-0.25, -0.2) is 19.9 Å². The van der Waals surface area contributed by atoms with Crippen molar-refractivity contribution in [3.8, 4) is 11.5 Å². The molecule has 0 spiro atoms. The molecule has 0 amide bonds. The molecule has 0 saturated heterocycles. The average molecular weight is 368 g/mol. The Bertz CT molecular complexity index is 1100. The van der Waals surface area contributed by atoms with Gasteiger partial charge in [-0.05, 0) is 41.8 Å². The van der Waals surface area contributed by atoms with Crippen LogP contribution in [-0.4, -0.2) is 24.9 Å². The number of hydrogen-bond donors (Lipinski definition) is 1. The van der Waals surface area contributed by atoms with Gasteiger partial charge < -0.3 is 4.98 Å². The Morgan fingerprint density at radius 1 is 1.11 bits per heavy atom. The first-order chi connectivity index (χ1) is 12.9. The van der Waals surface area contributed by atoms with Crippen LogP contribution in [0.5, 0.6) is 0 Å². The molecule has 0 aliphatic rings. The molecule has 4 aromatic heterocycles. The van der Waals surface area contributed by atoms with Crippen molar-refractivity contribution in [3.05, 3.63) is 71.4 Å². The lowest BCUT2D eigenvalue weighted by molar-refractivity contribution is -0.141. The minimum atomic E-state index is -4.52. The molecular formula is C19H13F3N5. The second kappa shape index (κ2) is 6.46. The van der Waals surface area contributed by atoms with Crippen LogP contribution in [0.25, 0.3) is 22.6 Å². The van der Waals surface area contributed by atoms with Gasteiger partial charge in [0.1, 0.15) is 17.0 Å². The summed E-state index contributed by atoms with van der Waals surface area (Å²) in [5, 5.41) is 1.02. The Balaban J connectivity index is 1.60. The van der Waals surface area contributed by atoms with Crippen LogP contribution in [0, 0.1) is 13.0 Å². The fourth-order valence-electron chi connectivity index (χ4n) is 2.76. The predicted octanol–water partition coefficient (Wildman–Crippen LogP) is 4.13. The first-order valence-electron chi connectivity index (χ1n) is 8.10. The summed E-state index contributed by atoms with van der Waals surface area (Å²) in [6.45, 7) is 1.97. The third-order valence-corrected chi connectivity index (χ3v) is 4.05. The van der Waals surface area contributed by atoms with Crippen molar-refractivity contribution in [3.63, 3.8) is 0 Å². The number of fused-ring (bicyclic) bond motifs is 1. The van der Waals surface area contributed by atoms with E-state index in [0.717, 1.165) is 33.8 Å². The Labute approximate surface area is 152 Å². The van der Waals surface area contributed by atoms with Crippen molar-refractivity contribution in [2.75, 3.05) is 0 Å². The second-order valence-electron chi connectivity index (χ2n) is 6.14. The Morgan fingerprint density at radius 2 is 1.89 bits per heavy atom. The van der Waals surface area contributed by atoms with Crippen LogP contribution < -0.4 is 0 Å². The van der Waals surface area contributed by atoms with Crippen LogP contribution in [0.3, 0.4) is 0 Å². The molecule has 0 saturated carbocycles. The summed E-state index contributed by atoms with van der Waals surface area (Å²) < 4.78 is 38.4. The molecule has 0 aromatic carbocycles. The van der Waals surface area contributed by atoms with E-state index in [1.54, 1.807) is 18.6 Å². The van der Waals surface area contributed by atoms with E-state index in [1.165, 1.54) is 6.07 Å². The van der Waals surface area contributed by atoms with Gasteiger partial charge in [0.2, 0.25) is 0 Å². The molecule has 0 fully saturated rings. The minimum absolute atomic E-state index is 0.0386. The molecule has 4 aromatic rings. The Hall–Kier alpha value is -3.29. The molecule has 5 nitrogen and oxygen atoms in total. The number of hydrogen-bond acceptors (Lipinski definition) is 4. The van der Waals surface area contributed by atoms with Crippen LogP contribution in [0.15, 0.2) is 43.0 Å². The number of pyridine rings is 2. The van der Waals surface area contributed by atoms with E-state index in [9.17, 15) is 13.2 Å². The van der Waals surface area contributed by atoms with Crippen LogP contribution in [-0.2, 0) is 12.6 Å². The monoisotopic (exact) mass is 368 g/mol. The maximum Gasteiger partial charge on any atom is 0.433 e. The lowest BCUT2D eigenvalue weighted by Gasteiger charge is -2.07. The van der Waals surface area contributed by atoms with Gasteiger partial charge in [0.25, 0.3) is 0 Å². The molecule has 0 unspecified atom stereocenters. The quantitative estimate of drug-likeness (QED) is 0.590. The van der Waals surface area contributed by atoms with E-state index in [0.29, 0.717) is 6.42 Å². The number of aromatic amines is 1. The molecule has 0 bridgehead atoms. The van der Waals surface area contributed by atoms with E-state index in [1.807, 2.05) is 19.2 Å². The van der Waals surface area contributed by atoms with Gasteiger partial charge in [0.05, 0.1) is 0 Å².